The van der Waals surface area contributed by atoms with Gasteiger partial charge in [-0.15, -0.1) is 0 Å². The lowest BCUT2D eigenvalue weighted by Crippen LogP contribution is -2.35. The van der Waals surface area contributed by atoms with Gasteiger partial charge in [-0.3, -0.25) is 14.6 Å². The SMILES string of the molecule is O=C1CSC(=O)N1S(=O)(=O)c1cccc2cccnc12. The van der Waals surface area contributed by atoms with Gasteiger partial charge in [0.2, 0.25) is 0 Å². The number of sulfonamides is 1. The highest BCUT2D eigenvalue weighted by Crippen LogP contribution is 2.29. The average Bonchev–Trinajstić information content (AvgIpc) is 2.78. The zero-order valence-corrected chi connectivity index (χ0v) is 11.6. The second-order valence-corrected chi connectivity index (χ2v) is 6.73. The van der Waals surface area contributed by atoms with Crippen LogP contribution < -0.4 is 0 Å². The monoisotopic (exact) mass is 308 g/mol. The van der Waals surface area contributed by atoms with Crippen LogP contribution in [0, 0.1) is 0 Å². The summed E-state index contributed by atoms with van der Waals surface area (Å²) in [4.78, 5) is 27.1. The molecule has 0 saturated carbocycles. The van der Waals surface area contributed by atoms with Crippen LogP contribution in [0.4, 0.5) is 4.79 Å². The Hall–Kier alpha value is -1.93. The van der Waals surface area contributed by atoms with Gasteiger partial charge in [-0.2, -0.15) is 4.31 Å². The fraction of sp³-hybridized carbons (Fsp3) is 0.0833. The molecule has 0 aliphatic carbocycles. The van der Waals surface area contributed by atoms with Crippen LogP contribution in [0.1, 0.15) is 0 Å². The van der Waals surface area contributed by atoms with Gasteiger partial charge >= 0.3 is 5.24 Å². The van der Waals surface area contributed by atoms with Gasteiger partial charge in [0.1, 0.15) is 4.90 Å². The van der Waals surface area contributed by atoms with Crippen LogP contribution in [-0.4, -0.2) is 34.6 Å². The maximum absolute atomic E-state index is 12.5. The number of fused-ring (bicyclic) bond motifs is 1. The minimum atomic E-state index is -4.21. The van der Waals surface area contributed by atoms with Crippen molar-refractivity contribution in [2.75, 3.05) is 5.75 Å². The molecule has 0 radical (unpaired) electrons. The first-order valence-corrected chi connectivity index (χ1v) is 8.03. The van der Waals surface area contributed by atoms with Crippen LogP contribution in [0.3, 0.4) is 0 Å². The summed E-state index contributed by atoms with van der Waals surface area (Å²) in [7, 11) is -4.21. The lowest BCUT2D eigenvalue weighted by Gasteiger charge is -2.14. The number of pyridine rings is 1. The fourth-order valence-electron chi connectivity index (χ4n) is 1.96. The highest BCUT2D eigenvalue weighted by atomic mass is 32.2. The van der Waals surface area contributed by atoms with Crippen molar-refractivity contribution < 1.29 is 18.0 Å². The largest absolute Gasteiger partial charge is 0.303 e. The van der Waals surface area contributed by atoms with E-state index in [1.54, 1.807) is 24.3 Å². The van der Waals surface area contributed by atoms with Crippen molar-refractivity contribution in [3.63, 3.8) is 0 Å². The van der Waals surface area contributed by atoms with Crippen molar-refractivity contribution in [2.24, 2.45) is 0 Å². The molecule has 1 aliphatic heterocycles. The number of para-hydroxylation sites is 1. The van der Waals surface area contributed by atoms with E-state index in [0.29, 0.717) is 21.5 Å². The molecule has 102 valence electrons. The molecule has 1 aliphatic rings. The summed E-state index contributed by atoms with van der Waals surface area (Å²) in [6.07, 6.45) is 1.46. The number of imide groups is 1. The molecule has 1 aromatic carbocycles. The number of carbonyl (C=O) groups is 2. The Bertz CT molecular complexity index is 811. The topological polar surface area (TPSA) is 84.4 Å². The molecule has 0 unspecified atom stereocenters. The standard InChI is InChI=1S/C12H8N2O4S2/c15-10-7-19-12(16)14(10)20(17,18)9-5-1-3-8-4-2-6-13-11(8)9/h1-6H,7H2. The van der Waals surface area contributed by atoms with E-state index >= 15 is 0 Å². The van der Waals surface area contributed by atoms with Crippen molar-refractivity contribution in [1.82, 2.24) is 9.29 Å². The summed E-state index contributed by atoms with van der Waals surface area (Å²) >= 11 is 0.678. The second kappa shape index (κ2) is 4.57. The Kier molecular flexibility index (Phi) is 2.98. The van der Waals surface area contributed by atoms with Crippen LogP contribution in [0.15, 0.2) is 41.4 Å². The smallest absolute Gasteiger partial charge is 0.272 e. The predicted molar refractivity (Wildman–Crippen MR) is 73.6 cm³/mol. The summed E-state index contributed by atoms with van der Waals surface area (Å²) < 4.78 is 25.3. The molecule has 20 heavy (non-hydrogen) atoms. The molecular weight excluding hydrogens is 300 g/mol. The van der Waals surface area contributed by atoms with E-state index < -0.39 is 21.2 Å². The van der Waals surface area contributed by atoms with Gasteiger partial charge in [0.05, 0.1) is 11.3 Å². The first-order valence-electron chi connectivity index (χ1n) is 5.60. The van der Waals surface area contributed by atoms with Gasteiger partial charge in [0, 0.05) is 11.6 Å². The highest BCUT2D eigenvalue weighted by Gasteiger charge is 2.41. The van der Waals surface area contributed by atoms with Crippen molar-refractivity contribution >= 4 is 43.8 Å². The summed E-state index contributed by atoms with van der Waals surface area (Å²) in [6.45, 7) is 0. The number of hydrogen-bond donors (Lipinski definition) is 0. The predicted octanol–water partition coefficient (Wildman–Crippen LogP) is 1.62. The van der Waals surface area contributed by atoms with Gasteiger partial charge in [-0.1, -0.05) is 30.0 Å². The van der Waals surface area contributed by atoms with Crippen molar-refractivity contribution in [1.29, 1.82) is 0 Å². The quantitative estimate of drug-likeness (QED) is 0.838. The number of benzene rings is 1. The molecule has 1 aromatic heterocycles. The second-order valence-electron chi connectivity index (χ2n) is 4.05. The molecule has 8 heteroatoms. The first-order chi connectivity index (χ1) is 9.51. The maximum atomic E-state index is 12.5. The normalized spacial score (nSPS) is 16.1. The number of nitrogens with zero attached hydrogens (tertiary/aromatic N) is 2. The van der Waals surface area contributed by atoms with Crippen LogP contribution in [0.2, 0.25) is 0 Å². The van der Waals surface area contributed by atoms with E-state index in [2.05, 4.69) is 4.98 Å². The zero-order valence-electron chi connectivity index (χ0n) is 10.0. The molecule has 0 N–H and O–H groups in total. The number of amides is 2. The van der Waals surface area contributed by atoms with Gasteiger partial charge in [-0.25, -0.2) is 8.42 Å². The number of rotatable bonds is 2. The van der Waals surface area contributed by atoms with E-state index in [-0.39, 0.29) is 16.2 Å². The van der Waals surface area contributed by atoms with Crippen molar-refractivity contribution in [3.05, 3.63) is 36.5 Å². The maximum Gasteiger partial charge on any atom is 0.303 e. The molecule has 0 spiro atoms. The van der Waals surface area contributed by atoms with Crippen LogP contribution in [0.5, 0.6) is 0 Å². The van der Waals surface area contributed by atoms with Crippen LogP contribution in [-0.2, 0) is 14.8 Å². The minimum absolute atomic E-state index is 0.139. The van der Waals surface area contributed by atoms with E-state index in [0.717, 1.165) is 0 Å². The van der Waals surface area contributed by atoms with Gasteiger partial charge in [0.25, 0.3) is 15.9 Å². The molecule has 2 aromatic rings. The Morgan fingerprint density at radius 1 is 1.15 bits per heavy atom. The Balaban J connectivity index is 2.25. The van der Waals surface area contributed by atoms with Crippen molar-refractivity contribution in [2.45, 2.75) is 4.90 Å². The Labute approximate surface area is 118 Å². The number of thioether (sulfide) groups is 1. The van der Waals surface area contributed by atoms with Crippen LogP contribution >= 0.6 is 11.8 Å². The summed E-state index contributed by atoms with van der Waals surface area (Å²) in [5, 5.41) is -0.150. The van der Waals surface area contributed by atoms with Crippen molar-refractivity contribution in [3.8, 4) is 0 Å². The van der Waals surface area contributed by atoms with E-state index in [1.165, 1.54) is 12.3 Å². The molecule has 1 fully saturated rings. The van der Waals surface area contributed by atoms with Gasteiger partial charge in [0.15, 0.2) is 0 Å². The molecular formula is C12H8N2O4S2. The number of carbonyl (C=O) groups excluding carboxylic acids is 2. The minimum Gasteiger partial charge on any atom is -0.272 e. The molecule has 0 bridgehead atoms. The molecule has 2 amide bonds. The summed E-state index contributed by atoms with van der Waals surface area (Å²) in [5.41, 5.74) is 0.243. The van der Waals surface area contributed by atoms with E-state index in [9.17, 15) is 18.0 Å². The summed E-state index contributed by atoms with van der Waals surface area (Å²) in [5.74, 6) is -0.885. The third-order valence-electron chi connectivity index (χ3n) is 2.83. The Morgan fingerprint density at radius 2 is 1.90 bits per heavy atom. The summed E-state index contributed by atoms with van der Waals surface area (Å²) in [6, 6.07) is 8.00. The molecule has 1 saturated heterocycles. The highest BCUT2D eigenvalue weighted by molar-refractivity contribution is 8.16. The number of aromatic nitrogens is 1. The fourth-order valence-corrected chi connectivity index (χ4v) is 4.48. The van der Waals surface area contributed by atoms with Gasteiger partial charge in [-0.05, 0) is 12.1 Å². The zero-order chi connectivity index (χ0) is 14.3. The molecule has 2 heterocycles. The molecule has 3 rings (SSSR count). The van der Waals surface area contributed by atoms with E-state index in [1.807, 2.05) is 0 Å². The third-order valence-corrected chi connectivity index (χ3v) is 5.50. The Morgan fingerprint density at radius 3 is 2.60 bits per heavy atom. The molecule has 6 nitrogen and oxygen atoms in total. The third kappa shape index (κ3) is 1.88. The van der Waals surface area contributed by atoms with Gasteiger partial charge < -0.3 is 0 Å². The number of hydrogen-bond acceptors (Lipinski definition) is 6. The van der Waals surface area contributed by atoms with Crippen LogP contribution in [0.25, 0.3) is 10.9 Å². The lowest BCUT2D eigenvalue weighted by molar-refractivity contribution is -0.121. The average molecular weight is 308 g/mol. The molecule has 0 atom stereocenters. The van der Waals surface area contributed by atoms with E-state index in [4.69, 9.17) is 0 Å². The first kappa shape index (κ1) is 13.1. The lowest BCUT2D eigenvalue weighted by atomic mass is 10.2.